The van der Waals surface area contributed by atoms with E-state index in [9.17, 15) is 4.79 Å². The number of nitrogens with zero attached hydrogens (tertiary/aromatic N) is 5. The smallest absolute Gasteiger partial charge is 0.255 e. The predicted octanol–water partition coefficient (Wildman–Crippen LogP) is 2.69. The largest absolute Gasteiger partial charge is 0.337 e. The van der Waals surface area contributed by atoms with Crippen molar-refractivity contribution < 1.29 is 4.79 Å². The van der Waals surface area contributed by atoms with Gasteiger partial charge in [0, 0.05) is 57.0 Å². The number of aromatic nitrogens is 3. The van der Waals surface area contributed by atoms with Crippen LogP contribution in [-0.2, 0) is 6.54 Å². The molecule has 1 fully saturated rings. The monoisotopic (exact) mass is 363 g/mol. The first-order chi connectivity index (χ1) is 13.1. The fraction of sp³-hybridized carbons (Fsp3) is 0.381. The van der Waals surface area contributed by atoms with Gasteiger partial charge in [0.05, 0.1) is 11.3 Å². The average molecular weight is 363 g/mol. The molecule has 1 aliphatic heterocycles. The van der Waals surface area contributed by atoms with Crippen molar-refractivity contribution in [2.45, 2.75) is 26.8 Å². The van der Waals surface area contributed by atoms with Crippen LogP contribution in [0.3, 0.4) is 0 Å². The molecule has 6 heteroatoms. The van der Waals surface area contributed by atoms with E-state index in [-0.39, 0.29) is 5.91 Å². The molecule has 0 N–H and O–H groups in total. The maximum atomic E-state index is 12.7. The molecule has 27 heavy (non-hydrogen) atoms. The first kappa shape index (κ1) is 17.7. The highest BCUT2D eigenvalue weighted by Crippen LogP contribution is 2.13. The van der Waals surface area contributed by atoms with Gasteiger partial charge in [0.15, 0.2) is 0 Å². The number of carbonyl (C=O) groups excluding carboxylic acids is 1. The van der Waals surface area contributed by atoms with Crippen LogP contribution in [0.2, 0.25) is 0 Å². The highest BCUT2D eigenvalue weighted by Gasteiger charge is 2.21. The number of rotatable bonds is 3. The van der Waals surface area contributed by atoms with Gasteiger partial charge in [-0.1, -0.05) is 0 Å². The first-order valence-electron chi connectivity index (χ1n) is 9.47. The van der Waals surface area contributed by atoms with Gasteiger partial charge >= 0.3 is 0 Å². The van der Waals surface area contributed by atoms with Gasteiger partial charge in [-0.25, -0.2) is 4.98 Å². The van der Waals surface area contributed by atoms with Gasteiger partial charge in [0.25, 0.3) is 5.91 Å². The number of hydrogen-bond donors (Lipinski definition) is 0. The van der Waals surface area contributed by atoms with Crippen molar-refractivity contribution in [1.82, 2.24) is 24.2 Å². The van der Waals surface area contributed by atoms with E-state index in [0.717, 1.165) is 56.2 Å². The minimum Gasteiger partial charge on any atom is -0.337 e. The molecule has 0 aromatic carbocycles. The van der Waals surface area contributed by atoms with Crippen LogP contribution in [0.4, 0.5) is 0 Å². The molecule has 0 radical (unpaired) electrons. The third-order valence-electron chi connectivity index (χ3n) is 5.09. The predicted molar refractivity (Wildman–Crippen MR) is 105 cm³/mol. The summed E-state index contributed by atoms with van der Waals surface area (Å²) in [7, 11) is 0. The lowest BCUT2D eigenvalue weighted by atomic mass is 10.2. The fourth-order valence-electron chi connectivity index (χ4n) is 3.55. The van der Waals surface area contributed by atoms with Crippen LogP contribution in [0.1, 0.15) is 33.7 Å². The summed E-state index contributed by atoms with van der Waals surface area (Å²) in [4.78, 5) is 26.0. The summed E-state index contributed by atoms with van der Waals surface area (Å²) in [5.41, 5.74) is 4.88. The minimum atomic E-state index is 0.0764. The summed E-state index contributed by atoms with van der Waals surface area (Å²) in [6.07, 6.45) is 6.80. The molecule has 1 aliphatic rings. The third kappa shape index (κ3) is 4.01. The van der Waals surface area contributed by atoms with E-state index in [2.05, 4.69) is 45.7 Å². The lowest BCUT2D eigenvalue weighted by molar-refractivity contribution is 0.0760. The van der Waals surface area contributed by atoms with E-state index >= 15 is 0 Å². The Labute approximate surface area is 159 Å². The summed E-state index contributed by atoms with van der Waals surface area (Å²) in [6, 6.07) is 7.95. The quantitative estimate of drug-likeness (QED) is 0.718. The maximum absolute atomic E-state index is 12.7. The Balaban J connectivity index is 1.40. The SMILES string of the molecule is Cc1ccn2cc(CN3CCCN(C(=O)c4ccc(C)nc4)CC3)nc2c1. The van der Waals surface area contributed by atoms with Crippen LogP contribution in [0, 0.1) is 13.8 Å². The van der Waals surface area contributed by atoms with Crippen LogP contribution < -0.4 is 0 Å². The van der Waals surface area contributed by atoms with E-state index in [1.807, 2.05) is 24.0 Å². The molecule has 4 rings (SSSR count). The third-order valence-corrected chi connectivity index (χ3v) is 5.09. The van der Waals surface area contributed by atoms with E-state index in [1.54, 1.807) is 6.20 Å². The molecule has 140 valence electrons. The van der Waals surface area contributed by atoms with Crippen molar-refractivity contribution in [1.29, 1.82) is 0 Å². The number of hydrogen-bond acceptors (Lipinski definition) is 4. The van der Waals surface area contributed by atoms with Crippen LogP contribution >= 0.6 is 0 Å². The molecule has 0 atom stereocenters. The molecule has 0 saturated carbocycles. The second kappa shape index (κ2) is 7.48. The molecule has 1 saturated heterocycles. The lowest BCUT2D eigenvalue weighted by Gasteiger charge is -2.21. The molecular formula is C21H25N5O. The molecule has 3 aromatic heterocycles. The summed E-state index contributed by atoms with van der Waals surface area (Å²) in [5, 5.41) is 0. The average Bonchev–Trinajstić information content (AvgIpc) is 2.90. The van der Waals surface area contributed by atoms with E-state index in [0.29, 0.717) is 5.56 Å². The summed E-state index contributed by atoms with van der Waals surface area (Å²) >= 11 is 0. The van der Waals surface area contributed by atoms with Crippen LogP contribution in [0.5, 0.6) is 0 Å². The molecule has 0 spiro atoms. The van der Waals surface area contributed by atoms with Crippen molar-refractivity contribution in [3.05, 3.63) is 65.4 Å². The Morgan fingerprint density at radius 3 is 2.81 bits per heavy atom. The van der Waals surface area contributed by atoms with Gasteiger partial charge in [0.2, 0.25) is 0 Å². The zero-order chi connectivity index (χ0) is 18.8. The second-order valence-electron chi connectivity index (χ2n) is 7.31. The van der Waals surface area contributed by atoms with Crippen molar-refractivity contribution in [3.8, 4) is 0 Å². The minimum absolute atomic E-state index is 0.0764. The van der Waals surface area contributed by atoms with Gasteiger partial charge in [-0.2, -0.15) is 0 Å². The Hall–Kier alpha value is -2.73. The summed E-state index contributed by atoms with van der Waals surface area (Å²) in [5.74, 6) is 0.0764. The number of pyridine rings is 2. The molecule has 0 aliphatic carbocycles. The van der Waals surface area contributed by atoms with Gasteiger partial charge < -0.3 is 9.30 Å². The first-order valence-corrected chi connectivity index (χ1v) is 9.47. The Morgan fingerprint density at radius 1 is 1.11 bits per heavy atom. The standard InChI is InChI=1S/C21H25N5O/c1-16-6-9-26-15-19(23-20(26)12-16)14-24-7-3-8-25(11-10-24)21(27)18-5-4-17(2)22-13-18/h4-6,9,12-13,15H,3,7-8,10-11,14H2,1-2H3. The van der Waals surface area contributed by atoms with E-state index < -0.39 is 0 Å². The Kier molecular flexibility index (Phi) is 4.90. The van der Waals surface area contributed by atoms with Crippen molar-refractivity contribution >= 4 is 11.6 Å². The molecule has 6 nitrogen and oxygen atoms in total. The van der Waals surface area contributed by atoms with Gasteiger partial charge in [-0.3, -0.25) is 14.7 Å². The second-order valence-corrected chi connectivity index (χ2v) is 7.31. The highest BCUT2D eigenvalue weighted by atomic mass is 16.2. The zero-order valence-electron chi connectivity index (χ0n) is 15.9. The maximum Gasteiger partial charge on any atom is 0.255 e. The summed E-state index contributed by atoms with van der Waals surface area (Å²) < 4.78 is 2.07. The van der Waals surface area contributed by atoms with Gasteiger partial charge in [-0.05, 0) is 50.1 Å². The van der Waals surface area contributed by atoms with Gasteiger partial charge in [0.1, 0.15) is 5.65 Å². The number of imidazole rings is 1. The Morgan fingerprint density at radius 2 is 2.00 bits per heavy atom. The van der Waals surface area contributed by atoms with Crippen LogP contribution in [-0.4, -0.2) is 56.3 Å². The molecule has 0 unspecified atom stereocenters. The molecule has 1 amide bonds. The normalized spacial score (nSPS) is 15.9. The number of aryl methyl sites for hydroxylation is 2. The molecule has 3 aromatic rings. The number of amides is 1. The lowest BCUT2D eigenvalue weighted by Crippen LogP contribution is -2.35. The van der Waals surface area contributed by atoms with Crippen molar-refractivity contribution in [3.63, 3.8) is 0 Å². The van der Waals surface area contributed by atoms with Crippen LogP contribution in [0.15, 0.2) is 42.9 Å². The van der Waals surface area contributed by atoms with Crippen molar-refractivity contribution in [2.75, 3.05) is 26.2 Å². The van der Waals surface area contributed by atoms with Crippen molar-refractivity contribution in [2.24, 2.45) is 0 Å². The number of carbonyl (C=O) groups is 1. The molecule has 0 bridgehead atoms. The van der Waals surface area contributed by atoms with E-state index in [1.165, 1.54) is 5.56 Å². The van der Waals surface area contributed by atoms with E-state index in [4.69, 9.17) is 4.98 Å². The van der Waals surface area contributed by atoms with Gasteiger partial charge in [-0.15, -0.1) is 0 Å². The summed E-state index contributed by atoms with van der Waals surface area (Å²) in [6.45, 7) is 8.18. The topological polar surface area (TPSA) is 53.7 Å². The molecular weight excluding hydrogens is 338 g/mol. The highest BCUT2D eigenvalue weighted by molar-refractivity contribution is 5.93. The fourth-order valence-corrected chi connectivity index (χ4v) is 3.55. The number of fused-ring (bicyclic) bond motifs is 1. The Bertz CT molecular complexity index is 947. The van der Waals surface area contributed by atoms with Crippen LogP contribution in [0.25, 0.3) is 5.65 Å². The molecule has 4 heterocycles. The zero-order valence-corrected chi connectivity index (χ0v) is 15.9.